The van der Waals surface area contributed by atoms with E-state index in [4.69, 9.17) is 14.2 Å². The number of carbonyl (C=O) groups is 2. The molecule has 43 heavy (non-hydrogen) atoms. The van der Waals surface area contributed by atoms with Crippen LogP contribution in [0.2, 0.25) is 0 Å². The SMILES string of the molecule is CCCCOc1ccc(C2C(=C(O)c3ccc(OCc4ccccc4)cc3)C(=O)C(=O)N2CCCN2CCOCC2)cc1. The van der Waals surface area contributed by atoms with Gasteiger partial charge in [0.05, 0.1) is 31.4 Å². The first-order valence-corrected chi connectivity index (χ1v) is 15.1. The molecule has 1 atom stereocenters. The van der Waals surface area contributed by atoms with E-state index in [2.05, 4.69) is 11.8 Å². The van der Waals surface area contributed by atoms with E-state index in [0.717, 1.165) is 49.4 Å². The molecule has 1 N–H and O–H groups in total. The number of hydrogen-bond donors (Lipinski definition) is 1. The summed E-state index contributed by atoms with van der Waals surface area (Å²) in [7, 11) is 0. The number of hydrogen-bond acceptors (Lipinski definition) is 7. The Morgan fingerprint density at radius 3 is 2.23 bits per heavy atom. The number of amides is 1. The lowest BCUT2D eigenvalue weighted by atomic mass is 9.95. The van der Waals surface area contributed by atoms with Gasteiger partial charge in [0.1, 0.15) is 23.9 Å². The molecule has 3 aromatic carbocycles. The van der Waals surface area contributed by atoms with Crippen LogP contribution >= 0.6 is 0 Å². The molecule has 226 valence electrons. The van der Waals surface area contributed by atoms with E-state index in [1.807, 2.05) is 54.6 Å². The second kappa shape index (κ2) is 14.8. The van der Waals surface area contributed by atoms with Crippen LogP contribution in [-0.4, -0.2) is 72.6 Å². The molecule has 0 aliphatic carbocycles. The molecule has 1 amide bonds. The van der Waals surface area contributed by atoms with Crippen molar-refractivity contribution < 1.29 is 28.9 Å². The van der Waals surface area contributed by atoms with Crippen LogP contribution in [0.1, 0.15) is 48.9 Å². The lowest BCUT2D eigenvalue weighted by molar-refractivity contribution is -0.140. The highest BCUT2D eigenvalue weighted by molar-refractivity contribution is 6.46. The molecule has 8 heteroatoms. The van der Waals surface area contributed by atoms with Crippen LogP contribution in [0.15, 0.2) is 84.4 Å². The molecule has 3 aromatic rings. The molecule has 1 unspecified atom stereocenters. The van der Waals surface area contributed by atoms with Crippen LogP contribution in [0.3, 0.4) is 0 Å². The quantitative estimate of drug-likeness (QED) is 0.121. The maximum absolute atomic E-state index is 13.5. The first kappa shape index (κ1) is 30.3. The minimum atomic E-state index is -0.705. The van der Waals surface area contributed by atoms with Gasteiger partial charge in [-0.25, -0.2) is 0 Å². The number of aliphatic hydroxyl groups excluding tert-OH is 1. The van der Waals surface area contributed by atoms with Crippen molar-refractivity contribution in [2.75, 3.05) is 46.0 Å². The lowest BCUT2D eigenvalue weighted by Gasteiger charge is -2.29. The Kier molecular flexibility index (Phi) is 10.5. The van der Waals surface area contributed by atoms with Crippen LogP contribution < -0.4 is 9.47 Å². The van der Waals surface area contributed by atoms with Gasteiger partial charge in [-0.2, -0.15) is 0 Å². The number of aliphatic hydroxyl groups is 1. The third kappa shape index (κ3) is 7.63. The Morgan fingerprint density at radius 1 is 0.860 bits per heavy atom. The van der Waals surface area contributed by atoms with Crippen LogP contribution in [-0.2, 0) is 20.9 Å². The van der Waals surface area contributed by atoms with Gasteiger partial charge in [-0.15, -0.1) is 0 Å². The summed E-state index contributed by atoms with van der Waals surface area (Å²) in [5.74, 6) is -0.107. The predicted octanol–water partition coefficient (Wildman–Crippen LogP) is 5.59. The summed E-state index contributed by atoms with van der Waals surface area (Å²) >= 11 is 0. The number of Topliss-reactive ketones (excluding diaryl/α,β-unsaturated/α-hetero) is 1. The largest absolute Gasteiger partial charge is 0.507 e. The number of morpholine rings is 1. The van der Waals surface area contributed by atoms with Crippen molar-refractivity contribution in [2.24, 2.45) is 0 Å². The zero-order chi connectivity index (χ0) is 30.0. The zero-order valence-electron chi connectivity index (χ0n) is 24.7. The fourth-order valence-electron chi connectivity index (χ4n) is 5.43. The molecule has 0 radical (unpaired) electrons. The Hall–Kier alpha value is -4.14. The van der Waals surface area contributed by atoms with Crippen molar-refractivity contribution >= 4 is 17.4 Å². The lowest BCUT2D eigenvalue weighted by Crippen LogP contribution is -2.38. The van der Waals surface area contributed by atoms with Gasteiger partial charge in [0, 0.05) is 31.7 Å². The zero-order valence-corrected chi connectivity index (χ0v) is 24.7. The summed E-state index contributed by atoms with van der Waals surface area (Å²) in [5, 5.41) is 11.5. The van der Waals surface area contributed by atoms with E-state index < -0.39 is 17.7 Å². The molecule has 5 rings (SSSR count). The van der Waals surface area contributed by atoms with Gasteiger partial charge in [-0.05, 0) is 60.4 Å². The van der Waals surface area contributed by atoms with Crippen molar-refractivity contribution in [2.45, 2.75) is 38.8 Å². The number of rotatable bonds is 13. The van der Waals surface area contributed by atoms with Gasteiger partial charge >= 0.3 is 0 Å². The predicted molar refractivity (Wildman–Crippen MR) is 165 cm³/mol. The van der Waals surface area contributed by atoms with Gasteiger partial charge in [0.15, 0.2) is 0 Å². The highest BCUT2D eigenvalue weighted by Gasteiger charge is 2.45. The van der Waals surface area contributed by atoms with Crippen molar-refractivity contribution in [3.05, 3.63) is 101 Å². The number of nitrogens with zero attached hydrogens (tertiary/aromatic N) is 2. The number of unbranched alkanes of at least 4 members (excludes halogenated alkanes) is 1. The summed E-state index contributed by atoms with van der Waals surface area (Å²) < 4.78 is 17.2. The summed E-state index contributed by atoms with van der Waals surface area (Å²) in [6, 6.07) is 23.6. The Balaban J connectivity index is 1.38. The molecular weight excluding hydrogens is 544 g/mol. The molecule has 2 fully saturated rings. The van der Waals surface area contributed by atoms with E-state index in [9.17, 15) is 14.7 Å². The second-order valence-electron chi connectivity index (χ2n) is 10.9. The van der Waals surface area contributed by atoms with Crippen LogP contribution in [0.5, 0.6) is 11.5 Å². The topological polar surface area (TPSA) is 88.5 Å². The number of ketones is 1. The highest BCUT2D eigenvalue weighted by Crippen LogP contribution is 2.40. The van der Waals surface area contributed by atoms with Gasteiger partial charge in [-0.3, -0.25) is 14.5 Å². The summed E-state index contributed by atoms with van der Waals surface area (Å²) in [4.78, 5) is 30.7. The van der Waals surface area contributed by atoms with Crippen molar-refractivity contribution in [1.82, 2.24) is 9.80 Å². The first-order valence-electron chi connectivity index (χ1n) is 15.1. The Bertz CT molecular complexity index is 1380. The first-order chi connectivity index (χ1) is 21.0. The van der Waals surface area contributed by atoms with Gasteiger partial charge in [0.25, 0.3) is 11.7 Å². The fourth-order valence-corrected chi connectivity index (χ4v) is 5.43. The number of likely N-dealkylation sites (tertiary alicyclic amines) is 1. The van der Waals surface area contributed by atoms with Crippen molar-refractivity contribution in [1.29, 1.82) is 0 Å². The fraction of sp³-hybridized carbons (Fsp3) is 0.371. The maximum atomic E-state index is 13.5. The molecule has 2 aliphatic rings. The minimum Gasteiger partial charge on any atom is -0.507 e. The Morgan fingerprint density at radius 2 is 1.53 bits per heavy atom. The molecule has 2 heterocycles. The molecule has 0 spiro atoms. The van der Waals surface area contributed by atoms with Gasteiger partial charge < -0.3 is 24.2 Å². The highest BCUT2D eigenvalue weighted by atomic mass is 16.5. The number of carbonyl (C=O) groups excluding carboxylic acids is 2. The van der Waals surface area contributed by atoms with E-state index in [1.54, 1.807) is 29.2 Å². The van der Waals surface area contributed by atoms with Crippen LogP contribution in [0.25, 0.3) is 5.76 Å². The third-order valence-corrected chi connectivity index (χ3v) is 7.86. The summed E-state index contributed by atoms with van der Waals surface area (Å²) in [5.41, 5.74) is 2.33. The number of benzene rings is 3. The van der Waals surface area contributed by atoms with E-state index in [-0.39, 0.29) is 11.3 Å². The molecule has 8 nitrogen and oxygen atoms in total. The summed E-state index contributed by atoms with van der Waals surface area (Å²) in [6.45, 7) is 7.46. The molecule has 2 aliphatic heterocycles. The van der Waals surface area contributed by atoms with E-state index >= 15 is 0 Å². The normalized spacial score (nSPS) is 18.6. The van der Waals surface area contributed by atoms with Crippen molar-refractivity contribution in [3.8, 4) is 11.5 Å². The third-order valence-electron chi connectivity index (χ3n) is 7.86. The van der Waals surface area contributed by atoms with Crippen LogP contribution in [0, 0.1) is 0 Å². The van der Waals surface area contributed by atoms with Gasteiger partial charge in [0.2, 0.25) is 0 Å². The monoisotopic (exact) mass is 584 g/mol. The van der Waals surface area contributed by atoms with Gasteiger partial charge in [-0.1, -0.05) is 55.8 Å². The van der Waals surface area contributed by atoms with E-state index in [0.29, 0.717) is 50.7 Å². The van der Waals surface area contributed by atoms with E-state index in [1.165, 1.54) is 0 Å². The van der Waals surface area contributed by atoms with Crippen LogP contribution in [0.4, 0.5) is 0 Å². The molecule has 0 aromatic heterocycles. The average molecular weight is 585 g/mol. The molecule has 0 bridgehead atoms. The summed E-state index contributed by atoms with van der Waals surface area (Å²) in [6.07, 6.45) is 2.70. The molecular formula is C35H40N2O6. The smallest absolute Gasteiger partial charge is 0.295 e. The second-order valence-corrected chi connectivity index (χ2v) is 10.9. The molecule has 0 saturated carbocycles. The minimum absolute atomic E-state index is 0.0916. The standard InChI is InChI=1S/C35H40N2O6/c1-2-3-22-42-29-14-10-27(11-15-29)32-31(34(39)35(40)37(32)19-7-18-36-20-23-41-24-21-36)33(38)28-12-16-30(17-13-28)43-25-26-8-5-4-6-9-26/h4-6,8-17,32,38H,2-3,7,18-25H2,1H3. The van der Waals surface area contributed by atoms with Crippen molar-refractivity contribution in [3.63, 3.8) is 0 Å². The molecule has 2 saturated heterocycles. The average Bonchev–Trinajstić information content (AvgIpc) is 3.30. The maximum Gasteiger partial charge on any atom is 0.295 e. The Labute approximate surface area is 253 Å². The number of ether oxygens (including phenoxy) is 3.